The number of ether oxygens (including phenoxy) is 1. The van der Waals surface area contributed by atoms with E-state index in [0.29, 0.717) is 49.8 Å². The minimum absolute atomic E-state index is 0.129. The second kappa shape index (κ2) is 16.8. The first-order chi connectivity index (χ1) is 19.4. The van der Waals surface area contributed by atoms with Gasteiger partial charge in [-0.15, -0.1) is 0 Å². The summed E-state index contributed by atoms with van der Waals surface area (Å²) in [5, 5.41) is -1.80. The maximum Gasteiger partial charge on any atom is 0.388 e. The lowest BCUT2D eigenvalue weighted by atomic mass is 10.2. The molecule has 0 aromatic rings. The normalized spacial score (nSPS) is 17.6. The Bertz CT molecular complexity index is 879. The molecule has 0 bridgehead atoms. The molecule has 0 fully saturated rings. The highest BCUT2D eigenvalue weighted by atomic mass is 28.4. The lowest BCUT2D eigenvalue weighted by Gasteiger charge is -2.56. The van der Waals surface area contributed by atoms with Crippen LogP contribution >= 0.6 is 0 Å². The minimum atomic E-state index is -4.41. The van der Waals surface area contributed by atoms with E-state index in [-0.39, 0.29) is 18.7 Å². The van der Waals surface area contributed by atoms with Gasteiger partial charge in [0.2, 0.25) is 8.32 Å². The van der Waals surface area contributed by atoms with Crippen LogP contribution in [0.3, 0.4) is 0 Å². The number of carbonyl (C=O) groups is 1. The molecule has 256 valence electrons. The van der Waals surface area contributed by atoms with Crippen LogP contribution in [0.15, 0.2) is 12.2 Å². The molecule has 0 N–H and O–H groups in total. The van der Waals surface area contributed by atoms with E-state index in [0.717, 1.165) is 6.42 Å². The Morgan fingerprint density at radius 3 is 1.67 bits per heavy atom. The van der Waals surface area contributed by atoms with Crippen LogP contribution in [-0.4, -0.2) is 60.1 Å². The molecule has 0 spiro atoms. The molecule has 3 atom stereocenters. The van der Waals surface area contributed by atoms with Gasteiger partial charge in [-0.3, -0.25) is 0 Å². The van der Waals surface area contributed by atoms with Crippen LogP contribution < -0.4 is 0 Å². The summed E-state index contributed by atoms with van der Waals surface area (Å²) in [6.07, 6.45) is -7.38. The topological polar surface area (TPSA) is 44.8 Å². The van der Waals surface area contributed by atoms with Crippen molar-refractivity contribution in [1.29, 1.82) is 0 Å². The van der Waals surface area contributed by atoms with Crippen molar-refractivity contribution in [2.45, 2.75) is 166 Å². The zero-order valence-corrected chi connectivity index (χ0v) is 31.3. The number of halogens is 6. The largest absolute Gasteiger partial charge is 0.462 e. The third-order valence-electron chi connectivity index (χ3n) is 9.51. The summed E-state index contributed by atoms with van der Waals surface area (Å²) in [5.74, 6) is -0.463. The van der Waals surface area contributed by atoms with Gasteiger partial charge in [-0.05, 0) is 70.8 Å². The fourth-order valence-corrected chi connectivity index (χ4v) is 19.5. The monoisotopic (exact) mass is 680 g/mol. The maximum absolute atomic E-state index is 13.8. The first kappa shape index (κ1) is 42.4. The van der Waals surface area contributed by atoms with Gasteiger partial charge in [-0.25, -0.2) is 4.79 Å². The van der Waals surface area contributed by atoms with Crippen molar-refractivity contribution in [2.75, 3.05) is 6.61 Å². The fourth-order valence-electron chi connectivity index (χ4n) is 5.91. The Balaban J connectivity index is 6.67. The van der Waals surface area contributed by atoms with E-state index in [2.05, 4.69) is 19.7 Å². The van der Waals surface area contributed by atoms with Crippen molar-refractivity contribution in [2.24, 2.45) is 0 Å². The summed E-state index contributed by atoms with van der Waals surface area (Å²) in [7, 11) is -8.81. The first-order valence-corrected chi connectivity index (χ1v) is 24.4. The highest BCUT2D eigenvalue weighted by Gasteiger charge is 2.59. The van der Waals surface area contributed by atoms with Gasteiger partial charge in [0.15, 0.2) is 8.32 Å². The molecule has 4 nitrogen and oxygen atoms in total. The summed E-state index contributed by atoms with van der Waals surface area (Å²) in [5.41, 5.74) is 0.310. The van der Waals surface area contributed by atoms with Crippen LogP contribution in [0.25, 0.3) is 0 Å². The summed E-state index contributed by atoms with van der Waals surface area (Å²) in [6, 6.07) is 0.868. The lowest BCUT2D eigenvalue weighted by molar-refractivity contribution is -0.139. The van der Waals surface area contributed by atoms with E-state index in [9.17, 15) is 31.1 Å². The average molecular weight is 681 g/mol. The predicted octanol–water partition coefficient (Wildman–Crippen LogP) is 10.9. The second-order valence-corrected chi connectivity index (χ2v) is 26.9. The van der Waals surface area contributed by atoms with Gasteiger partial charge >= 0.3 is 18.3 Å². The molecular weight excluding hydrogens is 623 g/mol. The molecule has 0 aromatic carbocycles. The lowest BCUT2D eigenvalue weighted by Crippen LogP contribution is -2.69. The van der Waals surface area contributed by atoms with E-state index in [4.69, 9.17) is 13.6 Å². The number of hydrogen-bond donors (Lipinski definition) is 0. The summed E-state index contributed by atoms with van der Waals surface area (Å²) in [4.78, 5) is 11.8. The van der Waals surface area contributed by atoms with E-state index in [1.54, 1.807) is 6.92 Å². The molecule has 0 aliphatic rings. The van der Waals surface area contributed by atoms with E-state index >= 15 is 0 Å². The minimum Gasteiger partial charge on any atom is -0.462 e. The van der Waals surface area contributed by atoms with Crippen LogP contribution in [-0.2, 0) is 18.4 Å². The number of hydrogen-bond acceptors (Lipinski definition) is 4. The van der Waals surface area contributed by atoms with Gasteiger partial charge in [0.25, 0.3) is 0 Å². The first-order valence-electron chi connectivity index (χ1n) is 15.8. The number of esters is 1. The highest BCUT2D eigenvalue weighted by molar-refractivity contribution is 6.83. The van der Waals surface area contributed by atoms with Gasteiger partial charge in [0.05, 0.1) is 19.9 Å². The SMILES string of the molecule is C=C(C)C(=O)OCCC[Si](C)(C)C(C)(CC)O[Si](C)(CCC(F)(F)F)C(CC)(CC)O[Si](C)(CCCC)CCC(F)(F)F. The third kappa shape index (κ3) is 13.3. The van der Waals surface area contributed by atoms with Crippen molar-refractivity contribution < 1.29 is 44.7 Å². The van der Waals surface area contributed by atoms with Crippen LogP contribution in [0.1, 0.15) is 92.9 Å². The molecule has 0 saturated carbocycles. The standard InChI is InChI=1S/C30H58F6O4Si3/c1-12-16-22-42(10,23-18-29(31,32)33)40-28(14-3,15-4)43(11,24-19-30(34,35)36)39-27(7,13-2)41(8,9)21-17-20-38-26(37)25(5)6/h5,12-24H2,1-4,6-11H3. The summed E-state index contributed by atoms with van der Waals surface area (Å²) >= 11 is 0. The van der Waals surface area contributed by atoms with Crippen molar-refractivity contribution in [1.82, 2.24) is 0 Å². The van der Waals surface area contributed by atoms with Crippen molar-refractivity contribution in [3.63, 3.8) is 0 Å². The second-order valence-electron chi connectivity index (χ2n) is 13.4. The fraction of sp³-hybridized carbons (Fsp3) is 0.900. The Morgan fingerprint density at radius 1 is 0.744 bits per heavy atom. The van der Waals surface area contributed by atoms with Crippen molar-refractivity contribution >= 4 is 30.7 Å². The zero-order valence-electron chi connectivity index (χ0n) is 28.3. The number of alkyl halides is 6. The van der Waals surface area contributed by atoms with E-state index in [1.165, 1.54) is 0 Å². The molecule has 0 rings (SSSR count). The maximum atomic E-state index is 13.8. The smallest absolute Gasteiger partial charge is 0.388 e. The quantitative estimate of drug-likeness (QED) is 0.0398. The summed E-state index contributed by atoms with van der Waals surface area (Å²) < 4.78 is 101. The molecule has 0 saturated heterocycles. The van der Waals surface area contributed by atoms with E-state index in [1.807, 2.05) is 47.7 Å². The van der Waals surface area contributed by atoms with Crippen molar-refractivity contribution in [3.8, 4) is 0 Å². The Morgan fingerprint density at radius 2 is 1.26 bits per heavy atom. The van der Waals surface area contributed by atoms with Gasteiger partial charge in [-0.1, -0.05) is 66.3 Å². The molecular formula is C30H58F6O4Si3. The molecule has 0 amide bonds. The Hall–Kier alpha value is -0.639. The van der Waals surface area contributed by atoms with Crippen LogP contribution in [0, 0.1) is 0 Å². The van der Waals surface area contributed by atoms with Gasteiger partial charge in [0, 0.05) is 23.6 Å². The molecule has 13 heteroatoms. The molecule has 0 aliphatic carbocycles. The molecule has 0 heterocycles. The number of carbonyl (C=O) groups excluding carboxylic acids is 1. The van der Waals surface area contributed by atoms with Gasteiger partial charge in [0.1, 0.15) is 0 Å². The van der Waals surface area contributed by atoms with E-state index < -0.39 is 66.3 Å². The zero-order chi connectivity index (χ0) is 34.0. The molecule has 43 heavy (non-hydrogen) atoms. The van der Waals surface area contributed by atoms with Crippen LogP contribution in [0.4, 0.5) is 26.3 Å². The Labute approximate surface area is 260 Å². The van der Waals surface area contributed by atoms with Crippen LogP contribution in [0.2, 0.25) is 50.4 Å². The van der Waals surface area contributed by atoms with Crippen LogP contribution in [0.5, 0.6) is 0 Å². The molecule has 0 radical (unpaired) electrons. The number of rotatable bonds is 21. The van der Waals surface area contributed by atoms with Gasteiger partial charge < -0.3 is 13.6 Å². The predicted molar refractivity (Wildman–Crippen MR) is 171 cm³/mol. The highest BCUT2D eigenvalue weighted by Crippen LogP contribution is 2.47. The molecule has 0 aliphatic heterocycles. The average Bonchev–Trinajstić information content (AvgIpc) is 2.89. The molecule has 3 unspecified atom stereocenters. The molecule has 0 aromatic heterocycles. The number of unbranched alkanes of at least 4 members (excludes halogenated alkanes) is 1. The third-order valence-corrected chi connectivity index (χ3v) is 23.3. The van der Waals surface area contributed by atoms with Crippen molar-refractivity contribution in [3.05, 3.63) is 12.2 Å². The Kier molecular flexibility index (Phi) is 16.5. The summed E-state index contributed by atoms with van der Waals surface area (Å²) in [6.45, 7) is 22.9. The van der Waals surface area contributed by atoms with Gasteiger partial charge in [-0.2, -0.15) is 26.3 Å².